The van der Waals surface area contributed by atoms with Crippen molar-refractivity contribution in [1.29, 1.82) is 0 Å². The van der Waals surface area contributed by atoms with Crippen molar-refractivity contribution in [3.63, 3.8) is 0 Å². The zero-order chi connectivity index (χ0) is 8.10. The largest absolute Gasteiger partial charge is 0.759 e. The molecule has 0 heterocycles. The van der Waals surface area contributed by atoms with Gasteiger partial charge in [-0.05, 0) is 12.8 Å². The van der Waals surface area contributed by atoms with Gasteiger partial charge in [-0.1, -0.05) is 19.3 Å². The molecule has 5 heteroatoms. The third-order valence-corrected chi connectivity index (χ3v) is 2.24. The van der Waals surface area contributed by atoms with Gasteiger partial charge in [0.25, 0.3) is 0 Å². The lowest BCUT2D eigenvalue weighted by molar-refractivity contribution is 0.358. The van der Waals surface area contributed by atoms with Gasteiger partial charge < -0.3 is 4.55 Å². The fourth-order valence-corrected chi connectivity index (χ4v) is 1.64. The molecule has 0 aromatic rings. The van der Waals surface area contributed by atoms with Crippen molar-refractivity contribution in [2.45, 2.75) is 38.1 Å². The minimum atomic E-state index is -2.18. The predicted molar refractivity (Wildman–Crippen MR) is 42.1 cm³/mol. The predicted octanol–water partition coefficient (Wildman–Crippen LogP) is 0.207. The van der Waals surface area contributed by atoms with Gasteiger partial charge in [-0.3, -0.25) is 4.21 Å². The first-order chi connectivity index (χ1) is 5.29. The fourth-order valence-electron chi connectivity index (χ4n) is 1.38. The highest BCUT2D eigenvalue weighted by atomic mass is 32.2. The number of nitrogens with one attached hydrogen (secondary N) is 2. The Balaban J connectivity index is 2.09. The topological polar surface area (TPSA) is 64.2 Å². The second-order valence-corrected chi connectivity index (χ2v) is 3.49. The molecule has 0 aromatic heterocycles. The second kappa shape index (κ2) is 4.82. The SMILES string of the molecule is O=S([O-])NNC1CCCCC1. The Morgan fingerprint density at radius 1 is 1.27 bits per heavy atom. The third-order valence-electron chi connectivity index (χ3n) is 1.95. The molecule has 1 unspecified atom stereocenters. The van der Waals surface area contributed by atoms with Gasteiger partial charge in [0, 0.05) is 17.3 Å². The molecular formula is C6H13N2O2S-. The minimum absolute atomic E-state index is 0.335. The Morgan fingerprint density at radius 3 is 2.45 bits per heavy atom. The second-order valence-electron chi connectivity index (χ2n) is 2.82. The molecule has 1 aliphatic rings. The zero-order valence-corrected chi connectivity index (χ0v) is 7.15. The van der Waals surface area contributed by atoms with Gasteiger partial charge in [0.2, 0.25) is 0 Å². The Kier molecular flexibility index (Phi) is 3.99. The van der Waals surface area contributed by atoms with Crippen molar-refractivity contribution in [1.82, 2.24) is 10.3 Å². The quantitative estimate of drug-likeness (QED) is 0.478. The molecule has 0 bridgehead atoms. The molecule has 66 valence electrons. The van der Waals surface area contributed by atoms with Crippen LogP contribution in [-0.4, -0.2) is 14.8 Å². The van der Waals surface area contributed by atoms with Gasteiger partial charge in [0.05, 0.1) is 0 Å². The monoisotopic (exact) mass is 177 g/mol. The molecule has 0 amide bonds. The Labute approximate surface area is 69.1 Å². The third kappa shape index (κ3) is 3.81. The molecule has 1 atom stereocenters. The molecule has 0 aromatic carbocycles. The summed E-state index contributed by atoms with van der Waals surface area (Å²) in [6.07, 6.45) is 5.82. The summed E-state index contributed by atoms with van der Waals surface area (Å²) in [7, 11) is 0. The number of rotatable bonds is 3. The van der Waals surface area contributed by atoms with Crippen LogP contribution in [0.5, 0.6) is 0 Å². The van der Waals surface area contributed by atoms with E-state index in [-0.39, 0.29) is 0 Å². The van der Waals surface area contributed by atoms with E-state index in [4.69, 9.17) is 0 Å². The van der Waals surface area contributed by atoms with E-state index in [1.807, 2.05) is 0 Å². The van der Waals surface area contributed by atoms with Crippen LogP contribution in [0, 0.1) is 0 Å². The average molecular weight is 177 g/mol. The Morgan fingerprint density at radius 2 is 1.91 bits per heavy atom. The van der Waals surface area contributed by atoms with Crippen LogP contribution in [0.3, 0.4) is 0 Å². The molecule has 11 heavy (non-hydrogen) atoms. The smallest absolute Gasteiger partial charge is 0.0324 e. The maximum atomic E-state index is 10.1. The summed E-state index contributed by atoms with van der Waals surface area (Å²) in [5, 5.41) is 0. The van der Waals surface area contributed by atoms with Crippen molar-refractivity contribution in [2.24, 2.45) is 0 Å². The maximum absolute atomic E-state index is 10.1. The maximum Gasteiger partial charge on any atom is 0.0324 e. The van der Waals surface area contributed by atoms with E-state index < -0.39 is 11.3 Å². The molecule has 1 aliphatic carbocycles. The van der Waals surface area contributed by atoms with Gasteiger partial charge in [-0.25, -0.2) is 5.43 Å². The lowest BCUT2D eigenvalue weighted by atomic mass is 9.96. The van der Waals surface area contributed by atoms with E-state index in [0.29, 0.717) is 6.04 Å². The Bertz CT molecular complexity index is 137. The highest BCUT2D eigenvalue weighted by Crippen LogP contribution is 2.16. The molecule has 0 spiro atoms. The van der Waals surface area contributed by atoms with Crippen LogP contribution in [0.15, 0.2) is 0 Å². The molecule has 0 saturated heterocycles. The van der Waals surface area contributed by atoms with Crippen LogP contribution >= 0.6 is 0 Å². The van der Waals surface area contributed by atoms with Crippen LogP contribution < -0.4 is 10.3 Å². The van der Waals surface area contributed by atoms with Crippen LogP contribution in [-0.2, 0) is 11.3 Å². The summed E-state index contributed by atoms with van der Waals surface area (Å²) in [4.78, 5) is 2.18. The van der Waals surface area contributed by atoms with Crippen LogP contribution in [0.4, 0.5) is 0 Å². The highest BCUT2D eigenvalue weighted by Gasteiger charge is 2.11. The molecule has 1 fully saturated rings. The van der Waals surface area contributed by atoms with E-state index in [9.17, 15) is 8.76 Å². The standard InChI is InChI=1S/C6H14N2O2S/c9-11(10)8-7-6-4-2-1-3-5-6/h6-8H,1-5H2,(H,9,10)/p-1. The molecular weight excluding hydrogens is 164 g/mol. The van der Waals surface area contributed by atoms with Crippen molar-refractivity contribution < 1.29 is 8.76 Å². The van der Waals surface area contributed by atoms with Gasteiger partial charge in [0.1, 0.15) is 0 Å². The van der Waals surface area contributed by atoms with Crippen molar-refractivity contribution in [3.05, 3.63) is 0 Å². The summed E-state index contributed by atoms with van der Waals surface area (Å²) in [5.41, 5.74) is 2.76. The number of hydrogen-bond acceptors (Lipinski definition) is 3. The Hall–Kier alpha value is 0.0300. The average Bonchev–Trinajstić information content (AvgIpc) is 2.03. The first-order valence-corrected chi connectivity index (χ1v) is 4.97. The number of hydrazine groups is 1. The normalized spacial score (nSPS) is 23.4. The zero-order valence-electron chi connectivity index (χ0n) is 6.34. The van der Waals surface area contributed by atoms with E-state index >= 15 is 0 Å². The molecule has 4 nitrogen and oxygen atoms in total. The van der Waals surface area contributed by atoms with Gasteiger partial charge in [-0.2, -0.15) is 4.83 Å². The van der Waals surface area contributed by atoms with E-state index in [2.05, 4.69) is 10.3 Å². The van der Waals surface area contributed by atoms with Gasteiger partial charge >= 0.3 is 0 Å². The first-order valence-electron chi connectivity index (χ1n) is 3.89. The highest BCUT2D eigenvalue weighted by molar-refractivity contribution is 7.76. The summed E-state index contributed by atoms with van der Waals surface area (Å²) in [6.45, 7) is 0. The van der Waals surface area contributed by atoms with Crippen LogP contribution in [0.1, 0.15) is 32.1 Å². The van der Waals surface area contributed by atoms with Crippen molar-refractivity contribution in [3.8, 4) is 0 Å². The summed E-state index contributed by atoms with van der Waals surface area (Å²) < 4.78 is 20.1. The molecule has 1 rings (SSSR count). The lowest BCUT2D eigenvalue weighted by Gasteiger charge is -2.23. The van der Waals surface area contributed by atoms with Crippen molar-refractivity contribution in [2.75, 3.05) is 0 Å². The minimum Gasteiger partial charge on any atom is -0.759 e. The molecule has 0 radical (unpaired) electrons. The van der Waals surface area contributed by atoms with Crippen molar-refractivity contribution >= 4 is 11.3 Å². The summed E-state index contributed by atoms with van der Waals surface area (Å²) >= 11 is -2.18. The summed E-state index contributed by atoms with van der Waals surface area (Å²) in [5.74, 6) is 0. The fraction of sp³-hybridized carbons (Fsp3) is 1.00. The van der Waals surface area contributed by atoms with E-state index in [1.165, 1.54) is 19.3 Å². The van der Waals surface area contributed by atoms with Gasteiger partial charge in [0.15, 0.2) is 0 Å². The number of hydrogen-bond donors (Lipinski definition) is 2. The lowest BCUT2D eigenvalue weighted by Crippen LogP contribution is -2.42. The molecule has 1 saturated carbocycles. The molecule has 0 aliphatic heterocycles. The van der Waals surface area contributed by atoms with Gasteiger partial charge in [-0.15, -0.1) is 0 Å². The van der Waals surface area contributed by atoms with E-state index in [1.54, 1.807) is 0 Å². The first kappa shape index (κ1) is 9.12. The summed E-state index contributed by atoms with van der Waals surface area (Å²) in [6, 6.07) is 0.335. The van der Waals surface area contributed by atoms with Crippen LogP contribution in [0.25, 0.3) is 0 Å². The van der Waals surface area contributed by atoms with E-state index in [0.717, 1.165) is 12.8 Å². The van der Waals surface area contributed by atoms with Crippen LogP contribution in [0.2, 0.25) is 0 Å². The molecule has 2 N–H and O–H groups in total.